The molecule has 0 unspecified atom stereocenters. The summed E-state index contributed by atoms with van der Waals surface area (Å²) < 4.78 is 13.3. The first kappa shape index (κ1) is 25.8. The van der Waals surface area contributed by atoms with E-state index in [2.05, 4.69) is 5.16 Å². The van der Waals surface area contributed by atoms with Crippen LogP contribution >= 0.6 is 0 Å². The standard InChI is InChI=1S/C34H26FNO3/c35-31-19-17-26(18-20-31)33(38)32-21-16-25(22-27(32)24-37)23-36-39-34(28-10-4-1-5-11-28,29-12-6-2-7-13-29)30-14-8-3-9-15-30/h1-23,37H,24H2/b36-23+. The van der Waals surface area contributed by atoms with E-state index in [1.807, 2.05) is 91.0 Å². The van der Waals surface area contributed by atoms with Crippen molar-refractivity contribution in [2.24, 2.45) is 5.16 Å². The molecule has 5 heteroatoms. The molecule has 0 aliphatic heterocycles. The van der Waals surface area contributed by atoms with Crippen LogP contribution in [0.2, 0.25) is 0 Å². The topological polar surface area (TPSA) is 58.9 Å². The summed E-state index contributed by atoms with van der Waals surface area (Å²) in [5.41, 5.74) is 3.50. The van der Waals surface area contributed by atoms with Crippen LogP contribution in [0, 0.1) is 5.82 Å². The fraction of sp³-hybridized carbons (Fsp3) is 0.0588. The lowest BCUT2D eigenvalue weighted by Gasteiger charge is -2.33. The molecule has 0 aliphatic carbocycles. The lowest BCUT2D eigenvalue weighted by molar-refractivity contribution is 0.0183. The minimum atomic E-state index is -1.02. The number of hydrogen-bond donors (Lipinski definition) is 1. The molecule has 0 spiro atoms. The van der Waals surface area contributed by atoms with Gasteiger partial charge in [0.1, 0.15) is 5.82 Å². The van der Waals surface area contributed by atoms with Crippen LogP contribution in [0.3, 0.4) is 0 Å². The number of aliphatic hydroxyl groups is 1. The van der Waals surface area contributed by atoms with Crippen LogP contribution in [0.25, 0.3) is 0 Å². The van der Waals surface area contributed by atoms with Gasteiger partial charge in [0.2, 0.25) is 5.60 Å². The summed E-state index contributed by atoms with van der Waals surface area (Å²) in [7, 11) is 0. The van der Waals surface area contributed by atoms with Crippen LogP contribution in [0.15, 0.2) is 139 Å². The predicted molar refractivity (Wildman–Crippen MR) is 150 cm³/mol. The van der Waals surface area contributed by atoms with Gasteiger partial charge in [-0.15, -0.1) is 0 Å². The summed E-state index contributed by atoms with van der Waals surface area (Å²) in [4.78, 5) is 19.4. The number of halogens is 1. The zero-order chi connectivity index (χ0) is 27.1. The smallest absolute Gasteiger partial charge is 0.212 e. The second kappa shape index (κ2) is 11.7. The average Bonchev–Trinajstić information content (AvgIpc) is 3.00. The molecule has 4 nitrogen and oxygen atoms in total. The molecule has 5 rings (SSSR count). The lowest BCUT2D eigenvalue weighted by Crippen LogP contribution is -2.31. The van der Waals surface area contributed by atoms with E-state index >= 15 is 0 Å². The van der Waals surface area contributed by atoms with E-state index in [9.17, 15) is 14.3 Å². The van der Waals surface area contributed by atoms with E-state index in [4.69, 9.17) is 4.84 Å². The highest BCUT2D eigenvalue weighted by molar-refractivity contribution is 6.10. The minimum Gasteiger partial charge on any atom is -0.392 e. The van der Waals surface area contributed by atoms with Gasteiger partial charge in [-0.1, -0.05) is 108 Å². The number of ketones is 1. The van der Waals surface area contributed by atoms with Crippen molar-refractivity contribution in [1.29, 1.82) is 0 Å². The number of oxime groups is 1. The molecule has 0 radical (unpaired) electrons. The maximum absolute atomic E-state index is 13.3. The normalized spacial score (nSPS) is 11.4. The van der Waals surface area contributed by atoms with Gasteiger partial charge in [0.15, 0.2) is 5.78 Å². The Bertz CT molecular complexity index is 1470. The zero-order valence-electron chi connectivity index (χ0n) is 21.1. The molecule has 0 bridgehead atoms. The molecule has 1 N–H and O–H groups in total. The van der Waals surface area contributed by atoms with Crippen molar-refractivity contribution >= 4 is 12.0 Å². The molecule has 5 aromatic rings. The second-order valence-corrected chi connectivity index (χ2v) is 9.02. The van der Waals surface area contributed by atoms with Gasteiger partial charge in [0.25, 0.3) is 0 Å². The van der Waals surface area contributed by atoms with Gasteiger partial charge in [0.05, 0.1) is 12.8 Å². The first-order valence-corrected chi connectivity index (χ1v) is 12.5. The van der Waals surface area contributed by atoms with Gasteiger partial charge in [0, 0.05) is 27.8 Å². The highest BCUT2D eigenvalue weighted by Gasteiger charge is 2.39. The molecule has 0 atom stereocenters. The molecule has 0 heterocycles. The van der Waals surface area contributed by atoms with Crippen LogP contribution in [0.1, 0.15) is 43.7 Å². The number of nitrogens with zero attached hydrogens (tertiary/aromatic N) is 1. The second-order valence-electron chi connectivity index (χ2n) is 9.02. The van der Waals surface area contributed by atoms with Crippen molar-refractivity contribution in [3.63, 3.8) is 0 Å². The lowest BCUT2D eigenvalue weighted by atomic mass is 9.80. The molecule has 0 fully saturated rings. The molecule has 0 aromatic heterocycles. The zero-order valence-corrected chi connectivity index (χ0v) is 21.1. The molecular formula is C34H26FNO3. The third kappa shape index (κ3) is 5.40. The van der Waals surface area contributed by atoms with Gasteiger partial charge in [-0.2, -0.15) is 0 Å². The highest BCUT2D eigenvalue weighted by atomic mass is 19.1. The van der Waals surface area contributed by atoms with Gasteiger partial charge < -0.3 is 9.94 Å². The van der Waals surface area contributed by atoms with E-state index in [1.165, 1.54) is 24.3 Å². The van der Waals surface area contributed by atoms with Crippen molar-refractivity contribution in [3.05, 3.63) is 178 Å². The van der Waals surface area contributed by atoms with Gasteiger partial charge in [-0.25, -0.2) is 4.39 Å². The number of carbonyl (C=O) groups is 1. The summed E-state index contributed by atoms with van der Waals surface area (Å²) >= 11 is 0. The van der Waals surface area contributed by atoms with Gasteiger partial charge in [-0.05, 0) is 41.5 Å². The van der Waals surface area contributed by atoms with Crippen LogP contribution in [0.5, 0.6) is 0 Å². The average molecular weight is 516 g/mol. The molecule has 0 aliphatic rings. The van der Waals surface area contributed by atoms with Gasteiger partial charge >= 0.3 is 0 Å². The molecule has 0 saturated carbocycles. The minimum absolute atomic E-state index is 0.296. The number of rotatable bonds is 9. The van der Waals surface area contributed by atoms with E-state index in [-0.39, 0.29) is 12.4 Å². The first-order chi connectivity index (χ1) is 19.1. The van der Waals surface area contributed by atoms with Gasteiger partial charge in [-0.3, -0.25) is 4.79 Å². The first-order valence-electron chi connectivity index (χ1n) is 12.5. The summed E-state index contributed by atoms with van der Waals surface area (Å²) in [6, 6.07) is 40.1. The van der Waals surface area contributed by atoms with E-state index in [0.717, 1.165) is 16.7 Å². The fourth-order valence-electron chi connectivity index (χ4n) is 4.65. The summed E-state index contributed by atoms with van der Waals surface area (Å²) in [5.74, 6) is -0.715. The fourth-order valence-corrected chi connectivity index (χ4v) is 4.65. The predicted octanol–water partition coefficient (Wildman–Crippen LogP) is 6.89. The Morgan fingerprint density at radius 1 is 0.744 bits per heavy atom. The SMILES string of the molecule is O=C(c1ccc(F)cc1)c1ccc(/C=N/OC(c2ccccc2)(c2ccccc2)c2ccccc2)cc1CO. The maximum Gasteiger partial charge on any atom is 0.212 e. The Morgan fingerprint density at radius 3 is 1.74 bits per heavy atom. The van der Waals surface area contributed by atoms with Crippen molar-refractivity contribution in [2.75, 3.05) is 0 Å². The largest absolute Gasteiger partial charge is 0.392 e. The van der Waals surface area contributed by atoms with Crippen LogP contribution in [-0.4, -0.2) is 17.1 Å². The molecule has 0 amide bonds. The Kier molecular flexibility index (Phi) is 7.71. The highest BCUT2D eigenvalue weighted by Crippen LogP contribution is 2.40. The van der Waals surface area contributed by atoms with Crippen molar-refractivity contribution in [3.8, 4) is 0 Å². The van der Waals surface area contributed by atoms with E-state index in [0.29, 0.717) is 22.3 Å². The molecular weight excluding hydrogens is 489 g/mol. The third-order valence-corrected chi connectivity index (χ3v) is 6.58. The Hall–Kier alpha value is -4.87. The van der Waals surface area contributed by atoms with E-state index < -0.39 is 11.4 Å². The van der Waals surface area contributed by atoms with Crippen LogP contribution in [0.4, 0.5) is 4.39 Å². The molecule has 0 saturated heterocycles. The van der Waals surface area contributed by atoms with Crippen LogP contribution < -0.4 is 0 Å². The number of carbonyl (C=O) groups excluding carboxylic acids is 1. The number of aliphatic hydroxyl groups excluding tert-OH is 1. The Balaban J connectivity index is 1.51. The summed E-state index contributed by atoms with van der Waals surface area (Å²) in [5, 5.41) is 14.4. The molecule has 39 heavy (non-hydrogen) atoms. The van der Waals surface area contributed by atoms with Crippen molar-refractivity contribution < 1.29 is 19.1 Å². The summed E-state index contributed by atoms with van der Waals surface area (Å²) in [6.07, 6.45) is 1.56. The quantitative estimate of drug-likeness (QED) is 0.101. The Labute approximate surface area is 226 Å². The monoisotopic (exact) mass is 515 g/mol. The summed E-state index contributed by atoms with van der Waals surface area (Å²) in [6.45, 7) is -0.340. The van der Waals surface area contributed by atoms with Crippen molar-refractivity contribution in [2.45, 2.75) is 12.2 Å². The Morgan fingerprint density at radius 2 is 1.26 bits per heavy atom. The van der Waals surface area contributed by atoms with E-state index in [1.54, 1.807) is 24.4 Å². The number of benzene rings is 5. The van der Waals surface area contributed by atoms with Crippen LogP contribution in [-0.2, 0) is 17.0 Å². The number of hydrogen-bond acceptors (Lipinski definition) is 4. The molecule has 5 aromatic carbocycles. The molecule has 192 valence electrons. The third-order valence-electron chi connectivity index (χ3n) is 6.58. The van der Waals surface area contributed by atoms with Crippen molar-refractivity contribution in [1.82, 2.24) is 0 Å². The maximum atomic E-state index is 13.3.